The van der Waals surface area contributed by atoms with Crippen molar-refractivity contribution in [3.63, 3.8) is 0 Å². The van der Waals surface area contributed by atoms with Crippen LogP contribution in [0.2, 0.25) is 0 Å². The van der Waals surface area contributed by atoms with Crippen molar-refractivity contribution < 1.29 is 13.2 Å². The lowest BCUT2D eigenvalue weighted by molar-refractivity contribution is 0.288. The van der Waals surface area contributed by atoms with Gasteiger partial charge in [-0.25, -0.2) is 8.42 Å². The minimum absolute atomic E-state index is 0.373. The normalized spacial score (nSPS) is 19.7. The fourth-order valence-corrected chi connectivity index (χ4v) is 5.41. The van der Waals surface area contributed by atoms with Crippen molar-refractivity contribution in [2.75, 3.05) is 26.7 Å². The monoisotopic (exact) mass is 374 g/mol. The second-order valence-electron chi connectivity index (χ2n) is 7.34. The first kappa shape index (κ1) is 17.8. The number of sulfonamides is 1. The molecule has 0 unspecified atom stereocenters. The Morgan fingerprint density at radius 1 is 1.04 bits per heavy atom. The molecule has 1 heterocycles. The highest BCUT2D eigenvalue weighted by Crippen LogP contribution is 2.33. The van der Waals surface area contributed by atoms with Crippen LogP contribution in [-0.2, 0) is 10.0 Å². The van der Waals surface area contributed by atoms with Gasteiger partial charge in [-0.2, -0.15) is 4.31 Å². The standard InChI is InChI=1S/C20H26N2O3S/c1-25-19-8-9-20(18-5-3-2-4-17(18)19)26(23,24)22-12-10-16(11-13-22)21-14-15-6-7-15/h2-5,8-9,15-16,21H,6-7,10-14H2,1H3. The van der Waals surface area contributed by atoms with E-state index >= 15 is 0 Å². The number of nitrogens with one attached hydrogen (secondary N) is 1. The van der Waals surface area contributed by atoms with E-state index in [1.807, 2.05) is 24.3 Å². The second-order valence-corrected chi connectivity index (χ2v) is 9.25. The first-order chi connectivity index (χ1) is 12.6. The highest BCUT2D eigenvalue weighted by Gasteiger charge is 2.31. The molecule has 2 aliphatic rings. The largest absolute Gasteiger partial charge is 0.496 e. The van der Waals surface area contributed by atoms with Gasteiger partial charge >= 0.3 is 0 Å². The van der Waals surface area contributed by atoms with Gasteiger partial charge in [-0.3, -0.25) is 0 Å². The molecule has 0 atom stereocenters. The molecule has 0 aromatic heterocycles. The van der Waals surface area contributed by atoms with Gasteiger partial charge in [0.15, 0.2) is 0 Å². The lowest BCUT2D eigenvalue weighted by Crippen LogP contribution is -2.45. The van der Waals surface area contributed by atoms with Crippen molar-refractivity contribution >= 4 is 20.8 Å². The summed E-state index contributed by atoms with van der Waals surface area (Å²) in [7, 11) is -1.90. The number of ether oxygens (including phenoxy) is 1. The Bertz CT molecular complexity index is 885. The SMILES string of the molecule is COc1ccc(S(=O)(=O)N2CCC(NCC3CC3)CC2)c2ccccc12. The summed E-state index contributed by atoms with van der Waals surface area (Å²) in [5.74, 6) is 1.55. The summed E-state index contributed by atoms with van der Waals surface area (Å²) in [6.45, 7) is 2.23. The van der Waals surface area contributed by atoms with Gasteiger partial charge in [-0.05, 0) is 50.3 Å². The Hall–Kier alpha value is -1.63. The molecular formula is C20H26N2O3S. The Morgan fingerprint density at radius 2 is 1.73 bits per heavy atom. The van der Waals surface area contributed by atoms with E-state index in [4.69, 9.17) is 4.74 Å². The topological polar surface area (TPSA) is 58.6 Å². The van der Waals surface area contributed by atoms with Crippen molar-refractivity contribution in [1.29, 1.82) is 0 Å². The third-order valence-electron chi connectivity index (χ3n) is 5.53. The van der Waals surface area contributed by atoms with Gasteiger partial charge in [0, 0.05) is 29.9 Å². The number of benzene rings is 2. The van der Waals surface area contributed by atoms with Crippen LogP contribution in [0.25, 0.3) is 10.8 Å². The van der Waals surface area contributed by atoms with E-state index in [9.17, 15) is 8.42 Å². The van der Waals surface area contributed by atoms with Gasteiger partial charge in [0.25, 0.3) is 0 Å². The quantitative estimate of drug-likeness (QED) is 0.844. The van der Waals surface area contributed by atoms with Gasteiger partial charge in [0.05, 0.1) is 12.0 Å². The zero-order valence-electron chi connectivity index (χ0n) is 15.1. The number of nitrogens with zero attached hydrogens (tertiary/aromatic N) is 1. The van der Waals surface area contributed by atoms with Gasteiger partial charge in [0.2, 0.25) is 10.0 Å². The summed E-state index contributed by atoms with van der Waals surface area (Å²) in [5.41, 5.74) is 0. The van der Waals surface area contributed by atoms with Gasteiger partial charge < -0.3 is 10.1 Å². The second kappa shape index (κ2) is 7.18. The molecule has 1 saturated heterocycles. The Labute approximate surface area is 155 Å². The maximum absolute atomic E-state index is 13.2. The fraction of sp³-hybridized carbons (Fsp3) is 0.500. The van der Waals surface area contributed by atoms with Crippen LogP contribution in [0.1, 0.15) is 25.7 Å². The number of piperidine rings is 1. The lowest BCUT2D eigenvalue weighted by atomic mass is 10.1. The summed E-state index contributed by atoms with van der Waals surface area (Å²) in [4.78, 5) is 0.373. The Balaban J connectivity index is 1.54. The molecule has 0 radical (unpaired) electrons. The van der Waals surface area contributed by atoms with Crippen LogP contribution in [0.15, 0.2) is 41.3 Å². The third kappa shape index (κ3) is 3.46. The molecule has 0 amide bonds. The molecule has 1 aliphatic heterocycles. The summed E-state index contributed by atoms with van der Waals surface area (Å²) < 4.78 is 33.5. The number of rotatable bonds is 6. The summed E-state index contributed by atoms with van der Waals surface area (Å²) >= 11 is 0. The summed E-state index contributed by atoms with van der Waals surface area (Å²) in [5, 5.41) is 5.16. The molecule has 0 spiro atoms. The zero-order chi connectivity index (χ0) is 18.1. The van der Waals surface area contributed by atoms with Crippen LogP contribution in [0, 0.1) is 5.92 Å². The summed E-state index contributed by atoms with van der Waals surface area (Å²) in [6, 6.07) is 11.4. The van der Waals surface area contributed by atoms with Crippen molar-refractivity contribution in [3.8, 4) is 5.75 Å². The number of fused-ring (bicyclic) bond motifs is 1. The van der Waals surface area contributed by atoms with Gasteiger partial charge in [0.1, 0.15) is 5.75 Å². The molecule has 1 N–H and O–H groups in total. The summed E-state index contributed by atoms with van der Waals surface area (Å²) in [6.07, 6.45) is 4.43. The van der Waals surface area contributed by atoms with E-state index in [-0.39, 0.29) is 0 Å². The molecule has 2 aromatic carbocycles. The fourth-order valence-electron chi connectivity index (χ4n) is 3.74. The van der Waals surface area contributed by atoms with Crippen LogP contribution in [0.5, 0.6) is 5.75 Å². The predicted molar refractivity (Wildman–Crippen MR) is 103 cm³/mol. The number of methoxy groups -OCH3 is 1. The minimum atomic E-state index is -3.51. The molecule has 2 aromatic rings. The molecule has 1 saturated carbocycles. The molecular weight excluding hydrogens is 348 g/mol. The van der Waals surface area contributed by atoms with Crippen molar-refractivity contribution in [2.24, 2.45) is 5.92 Å². The van der Waals surface area contributed by atoms with Crippen molar-refractivity contribution in [1.82, 2.24) is 9.62 Å². The van der Waals surface area contributed by atoms with E-state index in [1.54, 1.807) is 23.5 Å². The average Bonchev–Trinajstić information content (AvgIpc) is 3.50. The smallest absolute Gasteiger partial charge is 0.243 e. The molecule has 140 valence electrons. The molecule has 2 fully saturated rings. The number of hydrogen-bond donors (Lipinski definition) is 1. The molecule has 0 bridgehead atoms. The lowest BCUT2D eigenvalue weighted by Gasteiger charge is -2.32. The average molecular weight is 375 g/mol. The first-order valence-electron chi connectivity index (χ1n) is 9.39. The van der Waals surface area contributed by atoms with E-state index in [1.165, 1.54) is 12.8 Å². The van der Waals surface area contributed by atoms with Crippen LogP contribution < -0.4 is 10.1 Å². The Kier molecular flexibility index (Phi) is 4.90. The molecule has 4 rings (SSSR count). The molecule has 1 aliphatic carbocycles. The molecule has 6 heteroatoms. The highest BCUT2D eigenvalue weighted by molar-refractivity contribution is 7.89. The van der Waals surface area contributed by atoms with E-state index in [0.29, 0.717) is 29.8 Å². The van der Waals surface area contributed by atoms with Crippen molar-refractivity contribution in [3.05, 3.63) is 36.4 Å². The van der Waals surface area contributed by atoms with Crippen molar-refractivity contribution in [2.45, 2.75) is 36.6 Å². The van der Waals surface area contributed by atoms with Crippen LogP contribution in [0.3, 0.4) is 0 Å². The highest BCUT2D eigenvalue weighted by atomic mass is 32.2. The maximum Gasteiger partial charge on any atom is 0.243 e. The van der Waals surface area contributed by atoms with E-state index in [0.717, 1.165) is 36.1 Å². The number of hydrogen-bond acceptors (Lipinski definition) is 4. The van der Waals surface area contributed by atoms with Crippen LogP contribution in [0.4, 0.5) is 0 Å². The minimum Gasteiger partial charge on any atom is -0.496 e. The van der Waals surface area contributed by atoms with Gasteiger partial charge in [-0.1, -0.05) is 24.3 Å². The third-order valence-corrected chi connectivity index (χ3v) is 7.48. The Morgan fingerprint density at radius 3 is 2.38 bits per heavy atom. The molecule has 5 nitrogen and oxygen atoms in total. The van der Waals surface area contributed by atoms with E-state index < -0.39 is 10.0 Å². The van der Waals surface area contributed by atoms with Crippen LogP contribution in [-0.4, -0.2) is 45.5 Å². The predicted octanol–water partition coefficient (Wildman–Crippen LogP) is 3.00. The van der Waals surface area contributed by atoms with Crippen LogP contribution >= 0.6 is 0 Å². The molecule has 26 heavy (non-hydrogen) atoms. The first-order valence-corrected chi connectivity index (χ1v) is 10.8. The van der Waals surface area contributed by atoms with E-state index in [2.05, 4.69) is 5.32 Å². The zero-order valence-corrected chi connectivity index (χ0v) is 16.0. The van der Waals surface area contributed by atoms with Gasteiger partial charge in [-0.15, -0.1) is 0 Å². The maximum atomic E-state index is 13.2.